The van der Waals surface area contributed by atoms with Crippen molar-refractivity contribution in [2.45, 2.75) is 45.6 Å². The minimum atomic E-state index is -0.0451. The molecule has 0 spiro atoms. The first-order valence-electron chi connectivity index (χ1n) is 7.80. The summed E-state index contributed by atoms with van der Waals surface area (Å²) in [6.07, 6.45) is 5.94. The number of rotatable bonds is 3. The molecule has 1 aliphatic carbocycles. The molecule has 22 heavy (non-hydrogen) atoms. The fourth-order valence-corrected chi connectivity index (χ4v) is 4.01. The Bertz CT molecular complexity index is 667. The fraction of sp³-hybridized carbons (Fsp3) is 0.389. The van der Waals surface area contributed by atoms with Gasteiger partial charge in [0, 0.05) is 10.6 Å². The van der Waals surface area contributed by atoms with E-state index in [1.165, 1.54) is 29.7 Å². The van der Waals surface area contributed by atoms with Crippen molar-refractivity contribution in [2.24, 2.45) is 0 Å². The third kappa shape index (κ3) is 3.23. The van der Waals surface area contributed by atoms with Gasteiger partial charge in [-0.3, -0.25) is 4.79 Å². The molecule has 0 saturated carbocycles. The van der Waals surface area contributed by atoms with Gasteiger partial charge in [0.2, 0.25) is 0 Å². The zero-order chi connectivity index (χ0) is 15.5. The molecule has 3 nitrogen and oxygen atoms in total. The van der Waals surface area contributed by atoms with E-state index in [1.807, 2.05) is 25.1 Å². The minimum absolute atomic E-state index is 0.0174. The number of hydrogen-bond acceptors (Lipinski definition) is 3. The Labute approximate surface area is 135 Å². The molecule has 0 radical (unpaired) electrons. The summed E-state index contributed by atoms with van der Waals surface area (Å²) in [5, 5.41) is 12.2. The van der Waals surface area contributed by atoms with E-state index < -0.39 is 0 Å². The third-order valence-corrected chi connectivity index (χ3v) is 5.44. The molecule has 0 saturated heterocycles. The van der Waals surface area contributed by atoms with E-state index in [-0.39, 0.29) is 12.5 Å². The molecule has 1 amide bonds. The van der Waals surface area contributed by atoms with Gasteiger partial charge >= 0.3 is 0 Å². The van der Waals surface area contributed by atoms with Gasteiger partial charge in [0.25, 0.3) is 5.91 Å². The Morgan fingerprint density at radius 3 is 2.86 bits per heavy atom. The number of carbonyl (C=O) groups is 1. The lowest BCUT2D eigenvalue weighted by Crippen LogP contribution is -2.11. The van der Waals surface area contributed by atoms with Crippen LogP contribution < -0.4 is 5.32 Å². The van der Waals surface area contributed by atoms with E-state index >= 15 is 0 Å². The molecule has 0 unspecified atom stereocenters. The minimum Gasteiger partial charge on any atom is -0.392 e. The predicted octanol–water partition coefficient (Wildman–Crippen LogP) is 4.07. The van der Waals surface area contributed by atoms with E-state index in [9.17, 15) is 9.90 Å². The van der Waals surface area contributed by atoms with Crippen LogP contribution in [0.3, 0.4) is 0 Å². The van der Waals surface area contributed by atoms with Gasteiger partial charge in [0.05, 0.1) is 11.5 Å². The average molecular weight is 315 g/mol. The second-order valence-electron chi connectivity index (χ2n) is 5.88. The van der Waals surface area contributed by atoms with Gasteiger partial charge in [-0.2, -0.15) is 0 Å². The normalized spacial score (nSPS) is 14.3. The van der Waals surface area contributed by atoms with Crippen LogP contribution in [0.15, 0.2) is 24.3 Å². The van der Waals surface area contributed by atoms with Crippen LogP contribution in [0.1, 0.15) is 50.5 Å². The molecular formula is C18H21NO2S. The molecule has 2 N–H and O–H groups in total. The quantitative estimate of drug-likeness (QED) is 0.839. The Kier molecular flexibility index (Phi) is 4.60. The summed E-state index contributed by atoms with van der Waals surface area (Å²) in [7, 11) is 0. The van der Waals surface area contributed by atoms with Gasteiger partial charge in [-0.1, -0.05) is 18.6 Å². The van der Waals surface area contributed by atoms with Gasteiger partial charge in [0.1, 0.15) is 0 Å². The lowest BCUT2D eigenvalue weighted by atomic mass is 10.1. The van der Waals surface area contributed by atoms with E-state index in [0.717, 1.165) is 34.5 Å². The Morgan fingerprint density at radius 1 is 1.23 bits per heavy atom. The number of aliphatic hydroxyl groups is 1. The van der Waals surface area contributed by atoms with Gasteiger partial charge in [-0.25, -0.2) is 0 Å². The lowest BCUT2D eigenvalue weighted by molar-refractivity contribution is 0.103. The van der Waals surface area contributed by atoms with Gasteiger partial charge in [-0.15, -0.1) is 11.3 Å². The van der Waals surface area contributed by atoms with Crippen molar-refractivity contribution >= 4 is 22.9 Å². The first-order chi connectivity index (χ1) is 10.7. The van der Waals surface area contributed by atoms with Crippen LogP contribution in [0.2, 0.25) is 0 Å². The lowest BCUT2D eigenvalue weighted by Gasteiger charge is -2.09. The van der Waals surface area contributed by atoms with Gasteiger partial charge in [0.15, 0.2) is 0 Å². The first kappa shape index (κ1) is 15.3. The maximum absolute atomic E-state index is 12.5. The zero-order valence-corrected chi connectivity index (χ0v) is 13.6. The number of aliphatic hydroxyl groups excluding tert-OH is 1. The molecule has 2 aromatic rings. The van der Waals surface area contributed by atoms with E-state index in [4.69, 9.17) is 0 Å². The third-order valence-electron chi connectivity index (χ3n) is 4.20. The van der Waals surface area contributed by atoms with Crippen LogP contribution in [0, 0.1) is 6.92 Å². The first-order valence-corrected chi connectivity index (χ1v) is 8.62. The molecule has 0 atom stereocenters. The summed E-state index contributed by atoms with van der Waals surface area (Å²) < 4.78 is 0. The molecule has 0 aliphatic heterocycles. The highest BCUT2D eigenvalue weighted by molar-refractivity contribution is 7.14. The standard InChI is InChI=1S/C18H21NO2S/c1-12-7-8-13(11-20)9-15(12)19-18(21)17-10-14-5-3-2-4-6-16(14)22-17/h7-10,20H,2-6,11H2,1H3,(H,19,21). The van der Waals surface area contributed by atoms with Crippen molar-refractivity contribution in [1.82, 2.24) is 0 Å². The molecule has 1 aliphatic rings. The molecule has 4 heteroatoms. The number of carbonyl (C=O) groups excluding carboxylic acids is 1. The number of anilines is 1. The Hall–Kier alpha value is -1.65. The molecule has 116 valence electrons. The number of hydrogen-bond donors (Lipinski definition) is 2. The molecule has 3 rings (SSSR count). The molecular weight excluding hydrogens is 294 g/mol. The van der Waals surface area contributed by atoms with E-state index in [1.54, 1.807) is 11.3 Å². The maximum Gasteiger partial charge on any atom is 0.265 e. The summed E-state index contributed by atoms with van der Waals surface area (Å²) in [5.74, 6) is -0.0451. The van der Waals surface area contributed by atoms with Crippen LogP contribution in [-0.2, 0) is 19.4 Å². The molecule has 1 aromatic carbocycles. The van der Waals surface area contributed by atoms with Crippen LogP contribution in [0.5, 0.6) is 0 Å². The smallest absolute Gasteiger partial charge is 0.265 e. The van der Waals surface area contributed by atoms with Gasteiger partial charge < -0.3 is 10.4 Å². The summed E-state index contributed by atoms with van der Waals surface area (Å²) in [6, 6.07) is 7.70. The van der Waals surface area contributed by atoms with E-state index in [0.29, 0.717) is 0 Å². The highest BCUT2D eigenvalue weighted by atomic mass is 32.1. The Balaban J connectivity index is 1.80. The predicted molar refractivity (Wildman–Crippen MR) is 90.6 cm³/mol. The zero-order valence-electron chi connectivity index (χ0n) is 12.8. The average Bonchev–Trinajstić information content (AvgIpc) is 2.80. The molecule has 0 bridgehead atoms. The second-order valence-corrected chi connectivity index (χ2v) is 7.02. The number of benzene rings is 1. The summed E-state index contributed by atoms with van der Waals surface area (Å²) in [4.78, 5) is 14.7. The van der Waals surface area contributed by atoms with Gasteiger partial charge in [-0.05, 0) is 61.4 Å². The van der Waals surface area contributed by atoms with Crippen molar-refractivity contribution in [3.8, 4) is 0 Å². The summed E-state index contributed by atoms with van der Waals surface area (Å²) >= 11 is 1.63. The van der Waals surface area contributed by atoms with Crippen molar-refractivity contribution in [3.05, 3.63) is 50.7 Å². The second kappa shape index (κ2) is 6.63. The summed E-state index contributed by atoms with van der Waals surface area (Å²) in [5.41, 5.74) is 3.94. The maximum atomic E-state index is 12.5. The van der Waals surface area contributed by atoms with Crippen LogP contribution >= 0.6 is 11.3 Å². The van der Waals surface area contributed by atoms with Crippen molar-refractivity contribution in [3.63, 3.8) is 0 Å². The Morgan fingerprint density at radius 2 is 2.05 bits per heavy atom. The van der Waals surface area contributed by atoms with Crippen molar-refractivity contribution in [2.75, 3.05) is 5.32 Å². The number of nitrogens with one attached hydrogen (secondary N) is 1. The summed E-state index contributed by atoms with van der Waals surface area (Å²) in [6.45, 7) is 1.94. The molecule has 0 fully saturated rings. The highest BCUT2D eigenvalue weighted by Gasteiger charge is 2.17. The van der Waals surface area contributed by atoms with Crippen molar-refractivity contribution < 1.29 is 9.90 Å². The fourth-order valence-electron chi connectivity index (χ4n) is 2.87. The van der Waals surface area contributed by atoms with Crippen LogP contribution in [-0.4, -0.2) is 11.0 Å². The van der Waals surface area contributed by atoms with E-state index in [2.05, 4.69) is 11.4 Å². The largest absolute Gasteiger partial charge is 0.392 e. The molecule has 1 heterocycles. The number of thiophene rings is 1. The number of fused-ring (bicyclic) bond motifs is 1. The monoisotopic (exact) mass is 315 g/mol. The van der Waals surface area contributed by atoms with Crippen molar-refractivity contribution in [1.29, 1.82) is 0 Å². The molecule has 1 aromatic heterocycles. The highest BCUT2D eigenvalue weighted by Crippen LogP contribution is 2.29. The SMILES string of the molecule is Cc1ccc(CO)cc1NC(=O)c1cc2c(s1)CCCCC2. The topological polar surface area (TPSA) is 49.3 Å². The number of amides is 1. The number of aryl methyl sites for hydroxylation is 3. The van der Waals surface area contributed by atoms with Crippen LogP contribution in [0.4, 0.5) is 5.69 Å². The van der Waals surface area contributed by atoms with Crippen LogP contribution in [0.25, 0.3) is 0 Å².